The monoisotopic (exact) mass is 305 g/mol. The summed E-state index contributed by atoms with van der Waals surface area (Å²) in [5.74, 6) is 0.165. The van der Waals surface area contributed by atoms with Crippen molar-refractivity contribution in [3.63, 3.8) is 0 Å². The van der Waals surface area contributed by atoms with Crippen molar-refractivity contribution in [2.45, 2.75) is 57.9 Å². The molecule has 0 aromatic carbocycles. The predicted octanol–water partition coefficient (Wildman–Crippen LogP) is 1.43. The van der Waals surface area contributed by atoms with E-state index < -0.39 is 5.91 Å². The Hall–Kier alpha value is -0.810. The van der Waals surface area contributed by atoms with Gasteiger partial charge in [0.15, 0.2) is 0 Å². The second kappa shape index (κ2) is 10.00. The van der Waals surface area contributed by atoms with Crippen LogP contribution in [-0.2, 0) is 9.59 Å². The number of hydrogen-bond donors (Lipinski definition) is 2. The standard InChI is InChI=1S/C14H27N3O2.ClH/c1-11(15)9-14(19)17(10-13(16)18)8-7-12-5-3-2-4-6-12;/h11-12H,2-10,15H2,1H3,(H2,16,18);1H. The smallest absolute Gasteiger partial charge is 0.237 e. The van der Waals surface area contributed by atoms with Crippen LogP contribution in [0.5, 0.6) is 0 Å². The van der Waals surface area contributed by atoms with Crippen LogP contribution in [-0.4, -0.2) is 35.8 Å². The highest BCUT2D eigenvalue weighted by molar-refractivity contribution is 5.85. The first-order valence-corrected chi connectivity index (χ1v) is 7.30. The van der Waals surface area contributed by atoms with Gasteiger partial charge in [-0.15, -0.1) is 12.4 Å². The Labute approximate surface area is 127 Å². The van der Waals surface area contributed by atoms with E-state index >= 15 is 0 Å². The molecule has 5 nitrogen and oxygen atoms in total. The SMILES string of the molecule is CC(N)CC(=O)N(CCC1CCCCC1)CC(N)=O.Cl. The highest BCUT2D eigenvalue weighted by atomic mass is 35.5. The molecule has 1 aliphatic carbocycles. The Kier molecular flexibility index (Phi) is 9.59. The molecule has 0 radical (unpaired) electrons. The number of rotatable bonds is 7. The molecule has 0 saturated heterocycles. The third kappa shape index (κ3) is 7.70. The van der Waals surface area contributed by atoms with Crippen molar-refractivity contribution < 1.29 is 9.59 Å². The summed E-state index contributed by atoms with van der Waals surface area (Å²) in [4.78, 5) is 24.6. The van der Waals surface area contributed by atoms with E-state index in [1.807, 2.05) is 0 Å². The largest absolute Gasteiger partial charge is 0.368 e. The van der Waals surface area contributed by atoms with Gasteiger partial charge in [-0.1, -0.05) is 32.1 Å². The number of nitrogens with zero attached hydrogens (tertiary/aromatic N) is 1. The lowest BCUT2D eigenvalue weighted by Crippen LogP contribution is -2.41. The van der Waals surface area contributed by atoms with Crippen molar-refractivity contribution in [1.29, 1.82) is 0 Å². The maximum Gasteiger partial charge on any atom is 0.237 e. The van der Waals surface area contributed by atoms with Gasteiger partial charge in [-0.3, -0.25) is 9.59 Å². The maximum atomic E-state index is 12.0. The van der Waals surface area contributed by atoms with E-state index in [9.17, 15) is 9.59 Å². The van der Waals surface area contributed by atoms with Crippen LogP contribution in [0.3, 0.4) is 0 Å². The fourth-order valence-corrected chi connectivity index (χ4v) is 2.70. The number of nitrogens with two attached hydrogens (primary N) is 2. The lowest BCUT2D eigenvalue weighted by molar-refractivity contribution is -0.135. The van der Waals surface area contributed by atoms with Gasteiger partial charge in [-0.2, -0.15) is 0 Å². The Balaban J connectivity index is 0.00000361. The Bertz CT molecular complexity index is 305. The summed E-state index contributed by atoms with van der Waals surface area (Å²) in [6.45, 7) is 2.43. The molecule has 1 fully saturated rings. The molecule has 0 aliphatic heterocycles. The van der Waals surface area contributed by atoms with Crippen LogP contribution in [0.2, 0.25) is 0 Å². The third-order valence-corrected chi connectivity index (χ3v) is 3.73. The molecule has 0 aromatic heterocycles. The highest BCUT2D eigenvalue weighted by Gasteiger charge is 2.20. The van der Waals surface area contributed by atoms with Crippen LogP contribution in [0.4, 0.5) is 0 Å². The van der Waals surface area contributed by atoms with Crippen LogP contribution in [0.1, 0.15) is 51.9 Å². The summed E-state index contributed by atoms with van der Waals surface area (Å²) < 4.78 is 0. The summed E-state index contributed by atoms with van der Waals surface area (Å²) in [6.07, 6.45) is 7.63. The van der Waals surface area contributed by atoms with Crippen molar-refractivity contribution in [2.75, 3.05) is 13.1 Å². The van der Waals surface area contributed by atoms with Crippen LogP contribution in [0, 0.1) is 5.92 Å². The minimum absolute atomic E-state index is 0. The van der Waals surface area contributed by atoms with Crippen molar-refractivity contribution in [2.24, 2.45) is 17.4 Å². The molecule has 118 valence electrons. The minimum Gasteiger partial charge on any atom is -0.368 e. The van der Waals surface area contributed by atoms with Crippen LogP contribution < -0.4 is 11.5 Å². The lowest BCUT2D eigenvalue weighted by atomic mass is 9.87. The van der Waals surface area contributed by atoms with Crippen LogP contribution >= 0.6 is 12.4 Å². The first-order valence-electron chi connectivity index (χ1n) is 7.30. The molecule has 2 amide bonds. The van der Waals surface area contributed by atoms with E-state index in [0.29, 0.717) is 12.5 Å². The Morgan fingerprint density at radius 3 is 2.35 bits per heavy atom. The van der Waals surface area contributed by atoms with E-state index in [1.54, 1.807) is 11.8 Å². The molecule has 4 N–H and O–H groups in total. The second-order valence-corrected chi connectivity index (χ2v) is 5.76. The average Bonchev–Trinajstić information content (AvgIpc) is 2.34. The zero-order chi connectivity index (χ0) is 14.3. The Morgan fingerprint density at radius 2 is 1.85 bits per heavy atom. The van der Waals surface area contributed by atoms with E-state index in [4.69, 9.17) is 11.5 Å². The van der Waals surface area contributed by atoms with Crippen molar-refractivity contribution >= 4 is 24.2 Å². The van der Waals surface area contributed by atoms with Gasteiger partial charge in [0, 0.05) is 19.0 Å². The van der Waals surface area contributed by atoms with E-state index in [0.717, 1.165) is 6.42 Å². The van der Waals surface area contributed by atoms with Gasteiger partial charge in [0.25, 0.3) is 0 Å². The highest BCUT2D eigenvalue weighted by Crippen LogP contribution is 2.26. The van der Waals surface area contributed by atoms with Gasteiger partial charge in [-0.25, -0.2) is 0 Å². The van der Waals surface area contributed by atoms with E-state index in [1.165, 1.54) is 32.1 Å². The summed E-state index contributed by atoms with van der Waals surface area (Å²) in [7, 11) is 0. The van der Waals surface area contributed by atoms with Gasteiger partial charge < -0.3 is 16.4 Å². The van der Waals surface area contributed by atoms with E-state index in [-0.39, 0.29) is 37.3 Å². The molecule has 1 aliphatic rings. The summed E-state index contributed by atoms with van der Waals surface area (Å²) in [5.41, 5.74) is 10.8. The molecule has 6 heteroatoms. The zero-order valence-electron chi connectivity index (χ0n) is 12.3. The molecular formula is C14H28ClN3O2. The molecular weight excluding hydrogens is 278 g/mol. The summed E-state index contributed by atoms with van der Waals surface area (Å²) in [6, 6.07) is -0.183. The van der Waals surface area contributed by atoms with E-state index in [2.05, 4.69) is 0 Å². The number of halogens is 1. The number of carbonyl (C=O) groups is 2. The number of primary amides is 1. The number of carbonyl (C=O) groups excluding carboxylic acids is 2. The molecule has 1 atom stereocenters. The maximum absolute atomic E-state index is 12.0. The third-order valence-electron chi connectivity index (χ3n) is 3.73. The van der Waals surface area contributed by atoms with Crippen molar-refractivity contribution in [3.8, 4) is 0 Å². The first kappa shape index (κ1) is 19.2. The predicted molar refractivity (Wildman–Crippen MR) is 82.5 cm³/mol. The second-order valence-electron chi connectivity index (χ2n) is 5.76. The molecule has 0 spiro atoms. The van der Waals surface area contributed by atoms with Gasteiger partial charge in [-0.05, 0) is 19.3 Å². The van der Waals surface area contributed by atoms with Crippen LogP contribution in [0.25, 0.3) is 0 Å². The molecule has 0 aromatic rings. The number of hydrogen-bond acceptors (Lipinski definition) is 3. The average molecular weight is 306 g/mol. The topological polar surface area (TPSA) is 89.4 Å². The summed E-state index contributed by atoms with van der Waals surface area (Å²) >= 11 is 0. The van der Waals surface area contributed by atoms with Gasteiger partial charge >= 0.3 is 0 Å². The normalized spacial score (nSPS) is 17.1. The molecule has 20 heavy (non-hydrogen) atoms. The van der Waals surface area contributed by atoms with Gasteiger partial charge in [0.2, 0.25) is 11.8 Å². The van der Waals surface area contributed by atoms with Gasteiger partial charge in [0.05, 0.1) is 6.54 Å². The summed E-state index contributed by atoms with van der Waals surface area (Å²) in [5, 5.41) is 0. The van der Waals surface area contributed by atoms with Crippen molar-refractivity contribution in [1.82, 2.24) is 4.90 Å². The van der Waals surface area contributed by atoms with Crippen molar-refractivity contribution in [3.05, 3.63) is 0 Å². The molecule has 1 unspecified atom stereocenters. The fraction of sp³-hybridized carbons (Fsp3) is 0.857. The lowest BCUT2D eigenvalue weighted by Gasteiger charge is -2.27. The number of amides is 2. The Morgan fingerprint density at radius 1 is 1.25 bits per heavy atom. The fourth-order valence-electron chi connectivity index (χ4n) is 2.70. The molecule has 0 heterocycles. The molecule has 1 rings (SSSR count). The quantitative estimate of drug-likeness (QED) is 0.745. The van der Waals surface area contributed by atoms with Gasteiger partial charge in [0.1, 0.15) is 0 Å². The van der Waals surface area contributed by atoms with Crippen LogP contribution in [0.15, 0.2) is 0 Å². The zero-order valence-corrected chi connectivity index (χ0v) is 13.2. The molecule has 1 saturated carbocycles. The minimum atomic E-state index is -0.457. The first-order chi connectivity index (χ1) is 8.99. The molecule has 0 bridgehead atoms.